The van der Waals surface area contributed by atoms with Gasteiger partial charge in [0.15, 0.2) is 0 Å². The maximum absolute atomic E-state index is 12.0. The molecule has 1 rings (SSSR count). The molecule has 1 fully saturated rings. The number of amides is 1. The van der Waals surface area contributed by atoms with Gasteiger partial charge in [0.05, 0.1) is 0 Å². The molecule has 0 spiro atoms. The Morgan fingerprint density at radius 3 is 2.71 bits per heavy atom. The summed E-state index contributed by atoms with van der Waals surface area (Å²) in [5.74, 6) is 1.02. The molecule has 4 heteroatoms. The largest absolute Gasteiger partial charge is 0.341 e. The fourth-order valence-corrected chi connectivity index (χ4v) is 2.49. The molecule has 0 radical (unpaired) electrons. The van der Waals surface area contributed by atoms with Gasteiger partial charge in [0.2, 0.25) is 5.91 Å². The predicted octanol–water partition coefficient (Wildman–Crippen LogP) is 2.34. The molecule has 1 saturated heterocycles. The van der Waals surface area contributed by atoms with E-state index in [4.69, 9.17) is 11.6 Å². The number of halogens is 1. The van der Waals surface area contributed by atoms with E-state index < -0.39 is 0 Å². The van der Waals surface area contributed by atoms with Crippen molar-refractivity contribution in [3.05, 3.63) is 0 Å². The SMILES string of the molecule is CCCCCC(=O)N1CCCN(CCCl)CC1. The summed E-state index contributed by atoms with van der Waals surface area (Å²) in [6.07, 6.45) is 5.19. The second kappa shape index (κ2) is 8.76. The van der Waals surface area contributed by atoms with Gasteiger partial charge in [-0.1, -0.05) is 19.8 Å². The molecule has 0 unspecified atom stereocenters. The summed E-state index contributed by atoms with van der Waals surface area (Å²) in [6, 6.07) is 0. The van der Waals surface area contributed by atoms with Crippen LogP contribution in [0.15, 0.2) is 0 Å². The number of nitrogens with zero attached hydrogens (tertiary/aromatic N) is 2. The fraction of sp³-hybridized carbons (Fsp3) is 0.923. The molecule has 100 valence electrons. The summed E-state index contributed by atoms with van der Waals surface area (Å²) in [7, 11) is 0. The van der Waals surface area contributed by atoms with E-state index in [1.165, 1.54) is 6.42 Å². The third kappa shape index (κ3) is 5.73. The van der Waals surface area contributed by atoms with Crippen molar-refractivity contribution < 1.29 is 4.79 Å². The van der Waals surface area contributed by atoms with Gasteiger partial charge < -0.3 is 9.80 Å². The molecule has 0 atom stereocenters. The van der Waals surface area contributed by atoms with E-state index in [1.54, 1.807) is 0 Å². The van der Waals surface area contributed by atoms with Gasteiger partial charge in [-0.05, 0) is 19.4 Å². The minimum Gasteiger partial charge on any atom is -0.341 e. The number of hydrogen-bond acceptors (Lipinski definition) is 2. The van der Waals surface area contributed by atoms with Crippen molar-refractivity contribution in [1.82, 2.24) is 9.80 Å². The first-order valence-electron chi connectivity index (χ1n) is 6.84. The lowest BCUT2D eigenvalue weighted by atomic mass is 10.2. The van der Waals surface area contributed by atoms with Crippen LogP contribution in [0, 0.1) is 0 Å². The van der Waals surface area contributed by atoms with E-state index in [0.29, 0.717) is 11.8 Å². The Hall–Kier alpha value is -0.280. The van der Waals surface area contributed by atoms with E-state index in [-0.39, 0.29) is 0 Å². The highest BCUT2D eigenvalue weighted by Gasteiger charge is 2.17. The van der Waals surface area contributed by atoms with E-state index in [1.807, 2.05) is 4.90 Å². The highest BCUT2D eigenvalue weighted by Crippen LogP contribution is 2.08. The summed E-state index contributed by atoms with van der Waals surface area (Å²) in [5, 5.41) is 0. The monoisotopic (exact) mass is 260 g/mol. The minimum atomic E-state index is 0.339. The van der Waals surface area contributed by atoms with E-state index >= 15 is 0 Å². The van der Waals surface area contributed by atoms with Crippen molar-refractivity contribution in [2.24, 2.45) is 0 Å². The van der Waals surface area contributed by atoms with Crippen molar-refractivity contribution in [2.45, 2.75) is 39.0 Å². The van der Waals surface area contributed by atoms with Crippen LogP contribution in [0.1, 0.15) is 39.0 Å². The highest BCUT2D eigenvalue weighted by molar-refractivity contribution is 6.18. The Labute approximate surface area is 110 Å². The minimum absolute atomic E-state index is 0.339. The molecule has 1 amide bonds. The number of rotatable bonds is 6. The lowest BCUT2D eigenvalue weighted by molar-refractivity contribution is -0.131. The van der Waals surface area contributed by atoms with Crippen LogP contribution in [0.2, 0.25) is 0 Å². The van der Waals surface area contributed by atoms with Crippen LogP contribution in [0.3, 0.4) is 0 Å². The molecule has 3 nitrogen and oxygen atoms in total. The van der Waals surface area contributed by atoms with E-state index in [0.717, 1.165) is 58.4 Å². The highest BCUT2D eigenvalue weighted by atomic mass is 35.5. The quantitative estimate of drug-likeness (QED) is 0.541. The maximum Gasteiger partial charge on any atom is 0.222 e. The van der Waals surface area contributed by atoms with Gasteiger partial charge in [0, 0.05) is 38.5 Å². The Bertz CT molecular complexity index is 223. The zero-order valence-corrected chi connectivity index (χ0v) is 11.7. The van der Waals surface area contributed by atoms with Crippen molar-refractivity contribution >= 4 is 17.5 Å². The van der Waals surface area contributed by atoms with Crippen LogP contribution in [0.5, 0.6) is 0 Å². The standard InChI is InChI=1S/C13H25ClN2O/c1-2-3-4-6-13(17)16-9-5-8-15(10-7-14)11-12-16/h2-12H2,1H3. The molecular weight excluding hydrogens is 236 g/mol. The maximum atomic E-state index is 12.0. The number of carbonyl (C=O) groups is 1. The van der Waals surface area contributed by atoms with Gasteiger partial charge in [-0.2, -0.15) is 0 Å². The third-order valence-corrected chi connectivity index (χ3v) is 3.51. The lowest BCUT2D eigenvalue weighted by Gasteiger charge is -2.21. The molecule has 0 aromatic carbocycles. The summed E-state index contributed by atoms with van der Waals surface area (Å²) >= 11 is 5.75. The summed E-state index contributed by atoms with van der Waals surface area (Å²) in [6.45, 7) is 6.96. The van der Waals surface area contributed by atoms with Crippen LogP contribution >= 0.6 is 11.6 Å². The first-order chi connectivity index (χ1) is 8.27. The van der Waals surface area contributed by atoms with Crippen molar-refractivity contribution in [1.29, 1.82) is 0 Å². The average molecular weight is 261 g/mol. The van der Waals surface area contributed by atoms with Gasteiger partial charge >= 0.3 is 0 Å². The van der Waals surface area contributed by atoms with Crippen LogP contribution in [-0.4, -0.2) is 54.3 Å². The van der Waals surface area contributed by atoms with Crippen molar-refractivity contribution in [3.63, 3.8) is 0 Å². The number of alkyl halides is 1. The molecular formula is C13H25ClN2O. The number of unbranched alkanes of at least 4 members (excludes halogenated alkanes) is 2. The fourth-order valence-electron chi connectivity index (χ4n) is 2.25. The van der Waals surface area contributed by atoms with E-state index in [9.17, 15) is 4.79 Å². The molecule has 0 saturated carbocycles. The van der Waals surface area contributed by atoms with Crippen LogP contribution < -0.4 is 0 Å². The van der Waals surface area contributed by atoms with Crippen molar-refractivity contribution in [3.8, 4) is 0 Å². The zero-order chi connectivity index (χ0) is 12.5. The topological polar surface area (TPSA) is 23.6 Å². The van der Waals surface area contributed by atoms with Gasteiger partial charge in [-0.15, -0.1) is 11.6 Å². The first-order valence-corrected chi connectivity index (χ1v) is 7.37. The second-order valence-electron chi connectivity index (χ2n) is 4.72. The summed E-state index contributed by atoms with van der Waals surface area (Å²) < 4.78 is 0. The molecule has 0 N–H and O–H groups in total. The van der Waals surface area contributed by atoms with Crippen LogP contribution in [-0.2, 0) is 4.79 Å². The summed E-state index contributed by atoms with van der Waals surface area (Å²) in [4.78, 5) is 16.4. The number of hydrogen-bond donors (Lipinski definition) is 0. The van der Waals surface area contributed by atoms with Gasteiger partial charge in [-0.3, -0.25) is 4.79 Å². The molecule has 1 aliphatic rings. The lowest BCUT2D eigenvalue weighted by Crippen LogP contribution is -2.35. The van der Waals surface area contributed by atoms with Gasteiger partial charge in [0.1, 0.15) is 0 Å². The smallest absolute Gasteiger partial charge is 0.222 e. The molecule has 1 aliphatic heterocycles. The Morgan fingerprint density at radius 2 is 2.00 bits per heavy atom. The second-order valence-corrected chi connectivity index (χ2v) is 5.10. The van der Waals surface area contributed by atoms with Crippen LogP contribution in [0.25, 0.3) is 0 Å². The average Bonchev–Trinajstić information content (AvgIpc) is 2.55. The van der Waals surface area contributed by atoms with Crippen LogP contribution in [0.4, 0.5) is 0 Å². The molecule has 0 aromatic heterocycles. The van der Waals surface area contributed by atoms with E-state index in [2.05, 4.69) is 11.8 Å². The summed E-state index contributed by atoms with van der Waals surface area (Å²) in [5.41, 5.74) is 0. The zero-order valence-electron chi connectivity index (χ0n) is 11.0. The first kappa shape index (κ1) is 14.8. The normalized spacial score (nSPS) is 18.1. The van der Waals surface area contributed by atoms with Gasteiger partial charge in [-0.25, -0.2) is 0 Å². The third-order valence-electron chi connectivity index (χ3n) is 3.34. The number of carbonyl (C=O) groups excluding carboxylic acids is 1. The van der Waals surface area contributed by atoms with Crippen molar-refractivity contribution in [2.75, 3.05) is 38.6 Å². The molecule has 0 aromatic rings. The predicted molar refractivity (Wildman–Crippen MR) is 72.5 cm³/mol. The molecule has 1 heterocycles. The Morgan fingerprint density at radius 1 is 1.18 bits per heavy atom. The van der Waals surface area contributed by atoms with Gasteiger partial charge in [0.25, 0.3) is 0 Å². The molecule has 0 bridgehead atoms. The Kier molecular flexibility index (Phi) is 7.62. The molecule has 17 heavy (non-hydrogen) atoms. The molecule has 0 aliphatic carbocycles. The Balaban J connectivity index is 2.27.